The number of methoxy groups -OCH3 is 1. The fourth-order valence-electron chi connectivity index (χ4n) is 4.37. The molecule has 0 amide bonds. The summed E-state index contributed by atoms with van der Waals surface area (Å²) in [6.07, 6.45) is 7.99. The van der Waals surface area contributed by atoms with E-state index in [1.165, 1.54) is 13.2 Å². The fraction of sp³-hybridized carbons (Fsp3) is 0.600. The largest absolute Gasteiger partial charge is 0.469 e. The highest BCUT2D eigenvalue weighted by molar-refractivity contribution is 5.84. The Bertz CT molecular complexity index is 807. The van der Waals surface area contributed by atoms with Crippen molar-refractivity contribution in [2.75, 3.05) is 7.11 Å². The summed E-state index contributed by atoms with van der Waals surface area (Å²) in [5.74, 6) is -0.999. The van der Waals surface area contributed by atoms with Crippen molar-refractivity contribution in [1.82, 2.24) is 0 Å². The molecule has 0 aromatic heterocycles. The Morgan fingerprint density at radius 2 is 2.06 bits per heavy atom. The van der Waals surface area contributed by atoms with Crippen LogP contribution in [0.15, 0.2) is 41.6 Å². The van der Waals surface area contributed by atoms with Crippen molar-refractivity contribution in [2.45, 2.75) is 76.4 Å². The van der Waals surface area contributed by atoms with Crippen LogP contribution < -0.4 is 0 Å². The SMILES string of the molecule is COC(=O)CCCC=CC[C@H]1C(=O)CC(N=O)[C@@H]1CCC(C)(O)CCc1ccccc1F. The molecule has 0 aliphatic heterocycles. The molecule has 1 aliphatic carbocycles. The molecule has 0 heterocycles. The number of unbranched alkanes of at least 4 members (excludes halogenated alkanes) is 1. The first kappa shape index (κ1) is 25.8. The Kier molecular flexibility index (Phi) is 10.2. The lowest BCUT2D eigenvalue weighted by Gasteiger charge is -2.27. The highest BCUT2D eigenvalue weighted by atomic mass is 19.1. The first-order chi connectivity index (χ1) is 15.3. The quantitative estimate of drug-likeness (QED) is 0.201. The summed E-state index contributed by atoms with van der Waals surface area (Å²) in [4.78, 5) is 34.9. The molecule has 1 saturated carbocycles. The lowest BCUT2D eigenvalue weighted by molar-refractivity contribution is -0.140. The Hall–Kier alpha value is -2.41. The topological polar surface area (TPSA) is 93.0 Å². The number of Topliss-reactive ketones (excluding diaryl/α,β-unsaturated/α-hetero) is 1. The van der Waals surface area contributed by atoms with Crippen molar-refractivity contribution in [2.24, 2.45) is 17.0 Å². The van der Waals surface area contributed by atoms with Crippen LogP contribution in [0, 0.1) is 22.6 Å². The zero-order chi connectivity index (χ0) is 23.6. The Morgan fingerprint density at radius 1 is 1.31 bits per heavy atom. The average molecular weight is 448 g/mol. The smallest absolute Gasteiger partial charge is 0.305 e. The number of allylic oxidation sites excluding steroid dienone is 2. The predicted octanol–water partition coefficient (Wildman–Crippen LogP) is 4.92. The zero-order valence-corrected chi connectivity index (χ0v) is 19.0. The van der Waals surface area contributed by atoms with Crippen LogP contribution in [0.25, 0.3) is 0 Å². The molecule has 1 aliphatic rings. The van der Waals surface area contributed by atoms with Gasteiger partial charge in [-0.15, -0.1) is 0 Å². The van der Waals surface area contributed by atoms with Gasteiger partial charge in [-0.3, -0.25) is 9.59 Å². The highest BCUT2D eigenvalue weighted by Crippen LogP contribution is 2.39. The lowest BCUT2D eigenvalue weighted by atomic mass is 9.82. The highest BCUT2D eigenvalue weighted by Gasteiger charge is 2.43. The summed E-state index contributed by atoms with van der Waals surface area (Å²) in [5, 5.41) is 14.0. The molecule has 0 radical (unpaired) electrons. The van der Waals surface area contributed by atoms with Gasteiger partial charge in [0.15, 0.2) is 0 Å². The Labute approximate surface area is 189 Å². The van der Waals surface area contributed by atoms with E-state index in [-0.39, 0.29) is 35.8 Å². The van der Waals surface area contributed by atoms with Crippen molar-refractivity contribution in [3.63, 3.8) is 0 Å². The van der Waals surface area contributed by atoms with Crippen molar-refractivity contribution in [1.29, 1.82) is 0 Å². The molecule has 0 spiro atoms. The number of nitrogens with zero attached hydrogens (tertiary/aromatic N) is 1. The van der Waals surface area contributed by atoms with Crippen LogP contribution in [0.4, 0.5) is 4.39 Å². The number of aliphatic hydroxyl groups is 1. The van der Waals surface area contributed by atoms with E-state index in [4.69, 9.17) is 0 Å². The van der Waals surface area contributed by atoms with E-state index >= 15 is 0 Å². The average Bonchev–Trinajstić information content (AvgIpc) is 3.08. The number of halogens is 1. The van der Waals surface area contributed by atoms with Crippen LogP contribution in [0.3, 0.4) is 0 Å². The number of aryl methyl sites for hydroxylation is 1. The standard InChI is InChI=1S/C25H34FNO5/c1-25(30,15-13-18-9-7-8-11-21(18)26)16-14-19-20(23(28)17-22(19)27-31)10-5-3-4-6-12-24(29)32-2/h3,5,7-9,11,19-20,22,30H,4,6,10,12-17H2,1-2H3/t19-,20-,22?,25?/m1/s1. The molecule has 1 fully saturated rings. The van der Waals surface area contributed by atoms with E-state index in [2.05, 4.69) is 9.91 Å². The first-order valence-electron chi connectivity index (χ1n) is 11.3. The molecule has 4 atom stereocenters. The maximum absolute atomic E-state index is 13.8. The van der Waals surface area contributed by atoms with Gasteiger partial charge in [-0.1, -0.05) is 35.5 Å². The van der Waals surface area contributed by atoms with Gasteiger partial charge in [0, 0.05) is 18.8 Å². The Morgan fingerprint density at radius 3 is 2.75 bits per heavy atom. The van der Waals surface area contributed by atoms with E-state index in [1.807, 2.05) is 12.2 Å². The van der Waals surface area contributed by atoms with Crippen LogP contribution in [0.2, 0.25) is 0 Å². The summed E-state index contributed by atoms with van der Waals surface area (Å²) in [6, 6.07) is 5.95. The van der Waals surface area contributed by atoms with Crippen molar-refractivity contribution in [3.8, 4) is 0 Å². The molecule has 176 valence electrons. The number of ketones is 1. The molecule has 0 bridgehead atoms. The van der Waals surface area contributed by atoms with Gasteiger partial charge in [-0.05, 0) is 69.4 Å². The second-order valence-corrected chi connectivity index (χ2v) is 8.92. The number of hydrogen-bond donors (Lipinski definition) is 1. The van der Waals surface area contributed by atoms with E-state index < -0.39 is 11.6 Å². The maximum Gasteiger partial charge on any atom is 0.305 e. The van der Waals surface area contributed by atoms with Gasteiger partial charge in [-0.25, -0.2) is 4.39 Å². The minimum atomic E-state index is -1.03. The van der Waals surface area contributed by atoms with Gasteiger partial charge >= 0.3 is 5.97 Å². The monoisotopic (exact) mass is 447 g/mol. The van der Waals surface area contributed by atoms with Gasteiger partial charge in [0.1, 0.15) is 17.6 Å². The third-order valence-corrected chi connectivity index (χ3v) is 6.41. The number of hydrogen-bond acceptors (Lipinski definition) is 6. The third kappa shape index (κ3) is 7.93. The van der Waals surface area contributed by atoms with Crippen molar-refractivity contribution in [3.05, 3.63) is 52.7 Å². The normalized spacial score (nSPS) is 22.8. The molecule has 2 rings (SSSR count). The van der Waals surface area contributed by atoms with E-state index in [0.29, 0.717) is 56.9 Å². The molecular weight excluding hydrogens is 413 g/mol. The van der Waals surface area contributed by atoms with Crippen LogP contribution >= 0.6 is 0 Å². The van der Waals surface area contributed by atoms with Crippen molar-refractivity contribution >= 4 is 11.8 Å². The van der Waals surface area contributed by atoms with Gasteiger partial charge in [0.05, 0.1) is 12.7 Å². The summed E-state index contributed by atoms with van der Waals surface area (Å²) >= 11 is 0. The zero-order valence-electron chi connectivity index (χ0n) is 19.0. The molecular formula is C25H34FNO5. The van der Waals surface area contributed by atoms with Crippen LogP contribution in [-0.2, 0) is 20.7 Å². The molecule has 1 aromatic carbocycles. The number of carbonyl (C=O) groups excluding carboxylic acids is 2. The number of ether oxygens (including phenoxy) is 1. The maximum atomic E-state index is 13.8. The number of carbonyl (C=O) groups is 2. The van der Waals surface area contributed by atoms with E-state index in [0.717, 1.165) is 0 Å². The van der Waals surface area contributed by atoms with Gasteiger partial charge in [-0.2, -0.15) is 4.91 Å². The Balaban J connectivity index is 1.88. The molecule has 7 heteroatoms. The molecule has 1 N–H and O–H groups in total. The minimum absolute atomic E-state index is 0.0322. The molecule has 0 saturated heterocycles. The van der Waals surface area contributed by atoms with Crippen LogP contribution in [-0.4, -0.2) is 35.6 Å². The summed E-state index contributed by atoms with van der Waals surface area (Å²) in [5.41, 5.74) is -0.471. The second-order valence-electron chi connectivity index (χ2n) is 8.92. The number of nitroso groups, excluding NO2 is 1. The molecule has 2 unspecified atom stereocenters. The number of esters is 1. The lowest BCUT2D eigenvalue weighted by Crippen LogP contribution is -2.28. The minimum Gasteiger partial charge on any atom is -0.469 e. The molecule has 6 nitrogen and oxygen atoms in total. The summed E-state index contributed by atoms with van der Waals surface area (Å²) in [7, 11) is 1.36. The molecule has 32 heavy (non-hydrogen) atoms. The summed E-state index contributed by atoms with van der Waals surface area (Å²) < 4.78 is 18.5. The number of benzene rings is 1. The van der Waals surface area contributed by atoms with Crippen molar-refractivity contribution < 1.29 is 23.8 Å². The van der Waals surface area contributed by atoms with Gasteiger partial charge < -0.3 is 9.84 Å². The van der Waals surface area contributed by atoms with Crippen LogP contribution in [0.5, 0.6) is 0 Å². The van der Waals surface area contributed by atoms with Crippen LogP contribution in [0.1, 0.15) is 63.9 Å². The number of rotatable bonds is 13. The van der Waals surface area contributed by atoms with E-state index in [1.54, 1.807) is 25.1 Å². The summed E-state index contributed by atoms with van der Waals surface area (Å²) in [6.45, 7) is 1.71. The van der Waals surface area contributed by atoms with Gasteiger partial charge in [0.25, 0.3) is 0 Å². The van der Waals surface area contributed by atoms with Gasteiger partial charge in [0.2, 0.25) is 0 Å². The predicted molar refractivity (Wildman–Crippen MR) is 120 cm³/mol. The third-order valence-electron chi connectivity index (χ3n) is 6.41. The first-order valence-corrected chi connectivity index (χ1v) is 11.3. The molecule has 1 aromatic rings. The second kappa shape index (κ2) is 12.6. The fourth-order valence-corrected chi connectivity index (χ4v) is 4.37. The van der Waals surface area contributed by atoms with E-state index in [9.17, 15) is 24.0 Å².